The zero-order valence-corrected chi connectivity index (χ0v) is 10.3. The van der Waals surface area contributed by atoms with E-state index in [4.69, 9.17) is 15.2 Å². The lowest BCUT2D eigenvalue weighted by Gasteiger charge is -2.14. The van der Waals surface area contributed by atoms with Gasteiger partial charge in [0.2, 0.25) is 0 Å². The molecular formula is C13H21NO2. The van der Waals surface area contributed by atoms with Crippen molar-refractivity contribution in [3.05, 3.63) is 29.3 Å². The molecule has 0 aliphatic rings. The van der Waals surface area contributed by atoms with Crippen LogP contribution in [-0.4, -0.2) is 20.8 Å². The van der Waals surface area contributed by atoms with Gasteiger partial charge in [0.05, 0.1) is 7.11 Å². The van der Waals surface area contributed by atoms with Crippen molar-refractivity contribution in [3.8, 4) is 5.75 Å². The van der Waals surface area contributed by atoms with Crippen LogP contribution < -0.4 is 10.5 Å². The zero-order valence-electron chi connectivity index (χ0n) is 10.3. The summed E-state index contributed by atoms with van der Waals surface area (Å²) in [6.07, 6.45) is 1.93. The van der Waals surface area contributed by atoms with Crippen molar-refractivity contribution < 1.29 is 9.47 Å². The molecule has 3 heteroatoms. The van der Waals surface area contributed by atoms with Crippen molar-refractivity contribution in [1.29, 1.82) is 0 Å². The molecule has 0 aliphatic heterocycles. The van der Waals surface area contributed by atoms with Crippen LogP contribution in [-0.2, 0) is 4.74 Å². The molecule has 0 radical (unpaired) electrons. The summed E-state index contributed by atoms with van der Waals surface area (Å²) < 4.78 is 10.2. The highest BCUT2D eigenvalue weighted by Crippen LogP contribution is 2.23. The number of benzene rings is 1. The van der Waals surface area contributed by atoms with Gasteiger partial charge in [-0.05, 0) is 37.0 Å². The lowest BCUT2D eigenvalue weighted by atomic mass is 10.0. The van der Waals surface area contributed by atoms with Gasteiger partial charge in [-0.1, -0.05) is 12.1 Å². The average molecular weight is 223 g/mol. The molecule has 0 aromatic heterocycles. The second kappa shape index (κ2) is 6.51. The lowest BCUT2D eigenvalue weighted by Crippen LogP contribution is -2.11. The van der Waals surface area contributed by atoms with Crippen molar-refractivity contribution in [2.75, 3.05) is 20.8 Å². The third-order valence-electron chi connectivity index (χ3n) is 2.71. The number of hydrogen-bond acceptors (Lipinski definition) is 3. The van der Waals surface area contributed by atoms with Crippen LogP contribution in [0.4, 0.5) is 0 Å². The largest absolute Gasteiger partial charge is 0.496 e. The number of methoxy groups -OCH3 is 2. The molecule has 0 aliphatic carbocycles. The Balaban J connectivity index is 2.62. The van der Waals surface area contributed by atoms with Crippen LogP contribution >= 0.6 is 0 Å². The van der Waals surface area contributed by atoms with Gasteiger partial charge < -0.3 is 15.2 Å². The summed E-state index contributed by atoms with van der Waals surface area (Å²) in [5.41, 5.74) is 8.39. The summed E-state index contributed by atoms with van der Waals surface area (Å²) in [6.45, 7) is 2.80. The Morgan fingerprint density at radius 2 is 2.06 bits per heavy atom. The molecule has 1 aromatic carbocycles. The van der Waals surface area contributed by atoms with Crippen LogP contribution in [0.5, 0.6) is 5.75 Å². The van der Waals surface area contributed by atoms with E-state index in [0.717, 1.165) is 36.3 Å². The van der Waals surface area contributed by atoms with Gasteiger partial charge in [-0.15, -0.1) is 0 Å². The topological polar surface area (TPSA) is 44.5 Å². The minimum absolute atomic E-state index is 0.0831. The summed E-state index contributed by atoms with van der Waals surface area (Å²) in [7, 11) is 3.39. The maximum absolute atomic E-state index is 6.10. The van der Waals surface area contributed by atoms with E-state index in [1.807, 2.05) is 19.1 Å². The summed E-state index contributed by atoms with van der Waals surface area (Å²) in [5.74, 6) is 0.910. The molecule has 1 aromatic rings. The molecule has 0 amide bonds. The molecule has 16 heavy (non-hydrogen) atoms. The molecule has 1 unspecified atom stereocenters. The van der Waals surface area contributed by atoms with Crippen molar-refractivity contribution in [1.82, 2.24) is 0 Å². The first-order chi connectivity index (χ1) is 7.69. The molecule has 1 atom stereocenters. The smallest absolute Gasteiger partial charge is 0.121 e. The van der Waals surface area contributed by atoms with Crippen molar-refractivity contribution in [2.45, 2.75) is 25.8 Å². The van der Waals surface area contributed by atoms with Gasteiger partial charge in [0, 0.05) is 19.8 Å². The number of aryl methyl sites for hydroxylation is 1. The Kier molecular flexibility index (Phi) is 5.29. The van der Waals surface area contributed by atoms with Gasteiger partial charge in [-0.2, -0.15) is 0 Å². The van der Waals surface area contributed by atoms with E-state index in [1.165, 1.54) is 0 Å². The quantitative estimate of drug-likeness (QED) is 0.753. The molecule has 0 heterocycles. The van der Waals surface area contributed by atoms with Crippen molar-refractivity contribution >= 4 is 0 Å². The molecule has 0 bridgehead atoms. The summed E-state index contributed by atoms with van der Waals surface area (Å²) >= 11 is 0. The highest BCUT2D eigenvalue weighted by molar-refractivity contribution is 5.37. The highest BCUT2D eigenvalue weighted by Gasteiger charge is 2.07. The first-order valence-corrected chi connectivity index (χ1v) is 5.58. The minimum Gasteiger partial charge on any atom is -0.496 e. The summed E-state index contributed by atoms with van der Waals surface area (Å²) in [4.78, 5) is 0. The molecule has 0 fully saturated rings. The first-order valence-electron chi connectivity index (χ1n) is 5.58. The summed E-state index contributed by atoms with van der Waals surface area (Å²) in [5, 5.41) is 0. The average Bonchev–Trinajstić information content (AvgIpc) is 2.29. The number of nitrogens with two attached hydrogens (primary N) is 1. The van der Waals surface area contributed by atoms with Crippen molar-refractivity contribution in [2.24, 2.45) is 5.73 Å². The molecule has 90 valence electrons. The van der Waals surface area contributed by atoms with Gasteiger partial charge in [-0.25, -0.2) is 0 Å². The standard InChI is InChI=1S/C13H21NO2/c1-10-9-11(6-7-13(10)16-3)12(14)5-4-8-15-2/h6-7,9,12H,4-5,8,14H2,1-3H3. The second-order valence-electron chi connectivity index (χ2n) is 3.97. The highest BCUT2D eigenvalue weighted by atomic mass is 16.5. The Bertz CT molecular complexity index is 326. The Morgan fingerprint density at radius 3 is 2.62 bits per heavy atom. The SMILES string of the molecule is COCCCC(N)c1ccc(OC)c(C)c1. The fourth-order valence-electron chi connectivity index (χ4n) is 1.75. The van der Waals surface area contributed by atoms with Crippen LogP contribution in [0.1, 0.15) is 30.0 Å². The van der Waals surface area contributed by atoms with Gasteiger partial charge in [0.15, 0.2) is 0 Å². The molecule has 0 saturated heterocycles. The van der Waals surface area contributed by atoms with Gasteiger partial charge in [-0.3, -0.25) is 0 Å². The van der Waals surface area contributed by atoms with E-state index in [1.54, 1.807) is 14.2 Å². The van der Waals surface area contributed by atoms with Crippen molar-refractivity contribution in [3.63, 3.8) is 0 Å². The van der Waals surface area contributed by atoms with E-state index in [0.29, 0.717) is 0 Å². The van der Waals surface area contributed by atoms with E-state index >= 15 is 0 Å². The third-order valence-corrected chi connectivity index (χ3v) is 2.71. The lowest BCUT2D eigenvalue weighted by molar-refractivity contribution is 0.190. The Morgan fingerprint density at radius 1 is 1.31 bits per heavy atom. The maximum atomic E-state index is 6.10. The van der Waals surface area contributed by atoms with Gasteiger partial charge in [0.1, 0.15) is 5.75 Å². The van der Waals surface area contributed by atoms with E-state index in [2.05, 4.69) is 6.07 Å². The Labute approximate surface area is 97.6 Å². The fourth-order valence-corrected chi connectivity index (χ4v) is 1.75. The third kappa shape index (κ3) is 3.51. The minimum atomic E-state index is 0.0831. The predicted octanol–water partition coefficient (Wildman–Crippen LogP) is 2.43. The second-order valence-corrected chi connectivity index (χ2v) is 3.97. The molecule has 1 rings (SSSR count). The fraction of sp³-hybridized carbons (Fsp3) is 0.538. The van der Waals surface area contributed by atoms with Crippen LogP contribution in [0.2, 0.25) is 0 Å². The van der Waals surface area contributed by atoms with E-state index < -0.39 is 0 Å². The monoisotopic (exact) mass is 223 g/mol. The molecule has 2 N–H and O–H groups in total. The first kappa shape index (κ1) is 13.0. The number of hydrogen-bond donors (Lipinski definition) is 1. The molecule has 0 saturated carbocycles. The van der Waals surface area contributed by atoms with Crippen LogP contribution in [0.3, 0.4) is 0 Å². The number of rotatable bonds is 6. The zero-order chi connectivity index (χ0) is 12.0. The molecular weight excluding hydrogens is 202 g/mol. The number of ether oxygens (including phenoxy) is 2. The van der Waals surface area contributed by atoms with Crippen LogP contribution in [0.25, 0.3) is 0 Å². The van der Waals surface area contributed by atoms with Crippen LogP contribution in [0.15, 0.2) is 18.2 Å². The predicted molar refractivity (Wildman–Crippen MR) is 65.8 cm³/mol. The molecule has 0 spiro atoms. The van der Waals surface area contributed by atoms with E-state index in [9.17, 15) is 0 Å². The van der Waals surface area contributed by atoms with Gasteiger partial charge >= 0.3 is 0 Å². The van der Waals surface area contributed by atoms with Gasteiger partial charge in [0.25, 0.3) is 0 Å². The Hall–Kier alpha value is -1.06. The maximum Gasteiger partial charge on any atom is 0.121 e. The normalized spacial score (nSPS) is 12.5. The van der Waals surface area contributed by atoms with E-state index in [-0.39, 0.29) is 6.04 Å². The molecule has 3 nitrogen and oxygen atoms in total. The summed E-state index contributed by atoms with van der Waals surface area (Å²) in [6, 6.07) is 6.18. The van der Waals surface area contributed by atoms with Crippen LogP contribution in [0, 0.1) is 6.92 Å².